The van der Waals surface area contributed by atoms with Crippen LogP contribution in [0.2, 0.25) is 0 Å². The monoisotopic (exact) mass is 249 g/mol. The van der Waals surface area contributed by atoms with Crippen LogP contribution in [0.15, 0.2) is 29.4 Å². The SMILES string of the molecule is CCC(=NOCCCc1cccc(C)c1)C(=O)O. The van der Waals surface area contributed by atoms with E-state index in [9.17, 15) is 4.79 Å². The van der Waals surface area contributed by atoms with Gasteiger partial charge in [0, 0.05) is 0 Å². The molecule has 1 N–H and O–H groups in total. The van der Waals surface area contributed by atoms with E-state index in [1.54, 1.807) is 6.92 Å². The molecule has 0 atom stereocenters. The lowest BCUT2D eigenvalue weighted by molar-refractivity contribution is -0.129. The van der Waals surface area contributed by atoms with Crippen molar-refractivity contribution in [3.8, 4) is 0 Å². The van der Waals surface area contributed by atoms with Crippen LogP contribution in [0.3, 0.4) is 0 Å². The molecule has 0 aliphatic rings. The van der Waals surface area contributed by atoms with Crippen LogP contribution in [0.25, 0.3) is 0 Å². The fourth-order valence-electron chi connectivity index (χ4n) is 1.59. The summed E-state index contributed by atoms with van der Waals surface area (Å²) in [5.41, 5.74) is 2.56. The number of carboxylic acids is 1. The first kappa shape index (κ1) is 14.2. The zero-order valence-electron chi connectivity index (χ0n) is 10.8. The van der Waals surface area contributed by atoms with Gasteiger partial charge in [-0.2, -0.15) is 0 Å². The van der Waals surface area contributed by atoms with E-state index in [0.717, 1.165) is 12.8 Å². The summed E-state index contributed by atoms with van der Waals surface area (Å²) in [4.78, 5) is 15.6. The number of carbonyl (C=O) groups is 1. The molecule has 1 aromatic carbocycles. The Hall–Kier alpha value is -1.84. The van der Waals surface area contributed by atoms with Gasteiger partial charge in [-0.25, -0.2) is 4.79 Å². The normalized spacial score (nSPS) is 11.3. The minimum Gasteiger partial charge on any atom is -0.477 e. The molecule has 1 rings (SSSR count). The van der Waals surface area contributed by atoms with E-state index < -0.39 is 5.97 Å². The second-order valence-corrected chi connectivity index (χ2v) is 4.12. The number of oxime groups is 1. The predicted octanol–water partition coefficient (Wildman–Crippen LogP) is 2.79. The van der Waals surface area contributed by atoms with Crippen molar-refractivity contribution in [2.45, 2.75) is 33.1 Å². The van der Waals surface area contributed by atoms with Gasteiger partial charge < -0.3 is 9.94 Å². The first-order valence-electron chi connectivity index (χ1n) is 6.11. The van der Waals surface area contributed by atoms with Gasteiger partial charge >= 0.3 is 5.97 Å². The van der Waals surface area contributed by atoms with Gasteiger partial charge in [0.1, 0.15) is 6.61 Å². The maximum Gasteiger partial charge on any atom is 0.353 e. The number of benzene rings is 1. The maximum atomic E-state index is 10.6. The molecular formula is C14H19NO3. The van der Waals surface area contributed by atoms with E-state index in [1.807, 2.05) is 6.07 Å². The van der Waals surface area contributed by atoms with E-state index in [4.69, 9.17) is 9.94 Å². The highest BCUT2D eigenvalue weighted by Gasteiger charge is 2.06. The van der Waals surface area contributed by atoms with Crippen molar-refractivity contribution < 1.29 is 14.7 Å². The Morgan fingerprint density at radius 3 is 2.83 bits per heavy atom. The molecule has 0 saturated heterocycles. The van der Waals surface area contributed by atoms with Crippen LogP contribution in [0.1, 0.15) is 30.9 Å². The van der Waals surface area contributed by atoms with Crippen molar-refractivity contribution in [2.24, 2.45) is 5.16 Å². The smallest absolute Gasteiger partial charge is 0.353 e. The number of aliphatic carboxylic acids is 1. The van der Waals surface area contributed by atoms with Gasteiger partial charge in [-0.05, 0) is 31.7 Å². The molecule has 18 heavy (non-hydrogen) atoms. The van der Waals surface area contributed by atoms with Crippen molar-refractivity contribution in [3.63, 3.8) is 0 Å². The van der Waals surface area contributed by atoms with E-state index in [0.29, 0.717) is 13.0 Å². The molecule has 4 nitrogen and oxygen atoms in total. The third-order valence-corrected chi connectivity index (χ3v) is 2.54. The van der Waals surface area contributed by atoms with Crippen molar-refractivity contribution in [2.75, 3.05) is 6.61 Å². The van der Waals surface area contributed by atoms with Gasteiger partial charge in [0.25, 0.3) is 0 Å². The van der Waals surface area contributed by atoms with Crippen LogP contribution in [0, 0.1) is 6.92 Å². The van der Waals surface area contributed by atoms with Gasteiger partial charge in [0.15, 0.2) is 5.71 Å². The Morgan fingerprint density at radius 2 is 2.22 bits per heavy atom. The fraction of sp³-hybridized carbons (Fsp3) is 0.429. The zero-order valence-corrected chi connectivity index (χ0v) is 10.8. The average molecular weight is 249 g/mol. The Balaban J connectivity index is 2.29. The highest BCUT2D eigenvalue weighted by Crippen LogP contribution is 2.06. The van der Waals surface area contributed by atoms with Gasteiger partial charge in [-0.3, -0.25) is 0 Å². The number of hydrogen-bond acceptors (Lipinski definition) is 3. The average Bonchev–Trinajstić information content (AvgIpc) is 2.33. The largest absolute Gasteiger partial charge is 0.477 e. The van der Waals surface area contributed by atoms with E-state index in [2.05, 4.69) is 30.3 Å². The summed E-state index contributed by atoms with van der Waals surface area (Å²) in [7, 11) is 0. The van der Waals surface area contributed by atoms with Crippen molar-refractivity contribution in [3.05, 3.63) is 35.4 Å². The molecule has 98 valence electrons. The molecule has 4 heteroatoms. The third-order valence-electron chi connectivity index (χ3n) is 2.54. The first-order valence-corrected chi connectivity index (χ1v) is 6.11. The minimum absolute atomic E-state index is 0.0607. The third kappa shape index (κ3) is 4.99. The number of nitrogens with zero attached hydrogens (tertiary/aromatic N) is 1. The quantitative estimate of drug-likeness (QED) is 0.459. The summed E-state index contributed by atoms with van der Waals surface area (Å²) in [5.74, 6) is -1.02. The first-order chi connectivity index (χ1) is 8.63. The fourth-order valence-corrected chi connectivity index (χ4v) is 1.59. The molecule has 0 heterocycles. The molecule has 0 aliphatic heterocycles. The molecule has 0 fully saturated rings. The molecule has 0 spiro atoms. The summed E-state index contributed by atoms with van der Waals surface area (Å²) in [5, 5.41) is 12.3. The van der Waals surface area contributed by atoms with Crippen LogP contribution in [0.5, 0.6) is 0 Å². The number of rotatable bonds is 7. The molecule has 0 radical (unpaired) electrons. The standard InChI is InChI=1S/C14H19NO3/c1-3-13(14(16)17)15-18-9-5-8-12-7-4-6-11(2)10-12/h4,6-7,10H,3,5,8-9H2,1-2H3,(H,16,17). The number of aryl methyl sites for hydroxylation is 2. The van der Waals surface area contributed by atoms with Gasteiger partial charge in [0.05, 0.1) is 0 Å². The van der Waals surface area contributed by atoms with Crippen LogP contribution in [-0.2, 0) is 16.1 Å². The lowest BCUT2D eigenvalue weighted by Crippen LogP contribution is -2.12. The number of hydrogen-bond donors (Lipinski definition) is 1. The lowest BCUT2D eigenvalue weighted by atomic mass is 10.1. The van der Waals surface area contributed by atoms with Crippen LogP contribution < -0.4 is 0 Å². The summed E-state index contributed by atoms with van der Waals surface area (Å²) in [6.07, 6.45) is 2.10. The molecule has 1 aromatic rings. The second-order valence-electron chi connectivity index (χ2n) is 4.12. The van der Waals surface area contributed by atoms with E-state index in [-0.39, 0.29) is 5.71 Å². The molecule has 0 unspecified atom stereocenters. The van der Waals surface area contributed by atoms with Crippen molar-refractivity contribution in [1.82, 2.24) is 0 Å². The molecule has 0 amide bonds. The van der Waals surface area contributed by atoms with Crippen LogP contribution >= 0.6 is 0 Å². The van der Waals surface area contributed by atoms with Crippen molar-refractivity contribution >= 4 is 11.7 Å². The Morgan fingerprint density at radius 1 is 1.44 bits per heavy atom. The maximum absolute atomic E-state index is 10.6. The van der Waals surface area contributed by atoms with Gasteiger partial charge in [-0.1, -0.05) is 41.9 Å². The highest BCUT2D eigenvalue weighted by molar-refractivity contribution is 6.35. The second kappa shape index (κ2) is 7.48. The molecule has 0 aliphatic carbocycles. The van der Waals surface area contributed by atoms with E-state index >= 15 is 0 Å². The summed E-state index contributed by atoms with van der Waals surface area (Å²) in [6.45, 7) is 4.23. The Kier molecular flexibility index (Phi) is 5.91. The van der Waals surface area contributed by atoms with Crippen molar-refractivity contribution in [1.29, 1.82) is 0 Å². The summed E-state index contributed by atoms with van der Waals surface area (Å²) >= 11 is 0. The summed E-state index contributed by atoms with van der Waals surface area (Å²) < 4.78 is 0. The van der Waals surface area contributed by atoms with E-state index in [1.165, 1.54) is 11.1 Å². The summed E-state index contributed by atoms with van der Waals surface area (Å²) in [6, 6.07) is 8.30. The predicted molar refractivity (Wildman–Crippen MR) is 70.8 cm³/mol. The van der Waals surface area contributed by atoms with Gasteiger partial charge in [-0.15, -0.1) is 0 Å². The molecule has 0 saturated carbocycles. The lowest BCUT2D eigenvalue weighted by Gasteiger charge is -2.03. The zero-order chi connectivity index (χ0) is 13.4. The molecular weight excluding hydrogens is 230 g/mol. The van der Waals surface area contributed by atoms with Crippen LogP contribution in [0.4, 0.5) is 0 Å². The van der Waals surface area contributed by atoms with Gasteiger partial charge in [0.2, 0.25) is 0 Å². The molecule has 0 aromatic heterocycles. The topological polar surface area (TPSA) is 58.9 Å². The Bertz CT molecular complexity index is 427. The molecule has 0 bridgehead atoms. The number of carboxylic acid groups (broad SMARTS) is 1. The highest BCUT2D eigenvalue weighted by atomic mass is 16.6. The van der Waals surface area contributed by atoms with Crippen LogP contribution in [-0.4, -0.2) is 23.4 Å². The minimum atomic E-state index is -1.02. The Labute approximate surface area is 107 Å².